The number of aromatic nitrogens is 2. The quantitative estimate of drug-likeness (QED) is 0.580. The molecule has 3 aromatic rings. The van der Waals surface area contributed by atoms with Gasteiger partial charge in [0.1, 0.15) is 5.82 Å². The van der Waals surface area contributed by atoms with Gasteiger partial charge in [0.2, 0.25) is 5.78 Å². The summed E-state index contributed by atoms with van der Waals surface area (Å²) < 4.78 is 13.3. The highest BCUT2D eigenvalue weighted by Crippen LogP contribution is 2.17. The van der Waals surface area contributed by atoms with E-state index in [9.17, 15) is 9.18 Å². The fourth-order valence-corrected chi connectivity index (χ4v) is 2.05. The number of nitrogens with one attached hydrogen (secondary N) is 1. The SMILES string of the molecule is O=C(/C=C/c1ccc(Cl)c(F)c1)c1nc2ccccc2[nH]1. The van der Waals surface area contributed by atoms with E-state index in [0.29, 0.717) is 5.56 Å². The molecular formula is C16H10ClFN2O. The Balaban J connectivity index is 1.84. The van der Waals surface area contributed by atoms with Gasteiger partial charge in [0.05, 0.1) is 16.1 Å². The number of para-hydroxylation sites is 2. The molecule has 0 fully saturated rings. The molecular weight excluding hydrogens is 291 g/mol. The summed E-state index contributed by atoms with van der Waals surface area (Å²) >= 11 is 5.60. The number of carbonyl (C=O) groups is 1. The van der Waals surface area contributed by atoms with E-state index < -0.39 is 5.82 Å². The number of ketones is 1. The van der Waals surface area contributed by atoms with Gasteiger partial charge in [-0.1, -0.05) is 35.9 Å². The summed E-state index contributed by atoms with van der Waals surface area (Å²) in [5, 5.41) is 0.0516. The van der Waals surface area contributed by atoms with Crippen molar-refractivity contribution in [2.75, 3.05) is 0 Å². The van der Waals surface area contributed by atoms with E-state index in [4.69, 9.17) is 11.6 Å². The molecule has 0 spiro atoms. The summed E-state index contributed by atoms with van der Waals surface area (Å²) in [5.41, 5.74) is 2.08. The first-order chi connectivity index (χ1) is 10.1. The number of hydrogen-bond acceptors (Lipinski definition) is 2. The number of halogens is 2. The average Bonchev–Trinajstić information content (AvgIpc) is 2.92. The van der Waals surface area contributed by atoms with Crippen LogP contribution >= 0.6 is 11.6 Å². The highest BCUT2D eigenvalue weighted by Gasteiger charge is 2.08. The zero-order valence-corrected chi connectivity index (χ0v) is 11.6. The molecule has 0 radical (unpaired) electrons. The van der Waals surface area contributed by atoms with E-state index >= 15 is 0 Å². The van der Waals surface area contributed by atoms with Crippen molar-refractivity contribution in [3.05, 3.63) is 70.8 Å². The van der Waals surface area contributed by atoms with Crippen LogP contribution in [0, 0.1) is 5.82 Å². The highest BCUT2D eigenvalue weighted by atomic mass is 35.5. The lowest BCUT2D eigenvalue weighted by Crippen LogP contribution is -1.96. The maximum Gasteiger partial charge on any atom is 0.221 e. The molecule has 1 N–H and O–H groups in total. The Labute approximate surface area is 125 Å². The van der Waals surface area contributed by atoms with Crippen LogP contribution in [0.15, 0.2) is 48.5 Å². The van der Waals surface area contributed by atoms with Crippen molar-refractivity contribution < 1.29 is 9.18 Å². The van der Waals surface area contributed by atoms with Gasteiger partial charge >= 0.3 is 0 Å². The molecule has 104 valence electrons. The van der Waals surface area contributed by atoms with Gasteiger partial charge in [0, 0.05) is 0 Å². The third kappa shape index (κ3) is 2.85. The minimum Gasteiger partial charge on any atom is -0.335 e. The first-order valence-corrected chi connectivity index (χ1v) is 6.63. The van der Waals surface area contributed by atoms with Gasteiger partial charge in [-0.15, -0.1) is 0 Å². The molecule has 2 aromatic carbocycles. The molecule has 1 heterocycles. The van der Waals surface area contributed by atoms with Crippen molar-refractivity contribution in [2.45, 2.75) is 0 Å². The molecule has 0 aliphatic heterocycles. The highest BCUT2D eigenvalue weighted by molar-refractivity contribution is 6.30. The molecule has 21 heavy (non-hydrogen) atoms. The molecule has 0 amide bonds. The fraction of sp³-hybridized carbons (Fsp3) is 0. The van der Waals surface area contributed by atoms with Crippen LogP contribution in [-0.2, 0) is 0 Å². The van der Waals surface area contributed by atoms with Crippen LogP contribution in [0.3, 0.4) is 0 Å². The number of aromatic amines is 1. The number of fused-ring (bicyclic) bond motifs is 1. The second-order valence-corrected chi connectivity index (χ2v) is 4.88. The number of nitrogens with zero attached hydrogens (tertiary/aromatic N) is 1. The van der Waals surface area contributed by atoms with Crippen molar-refractivity contribution in [3.63, 3.8) is 0 Å². The number of rotatable bonds is 3. The zero-order valence-electron chi connectivity index (χ0n) is 10.8. The Morgan fingerprint density at radius 1 is 1.24 bits per heavy atom. The van der Waals surface area contributed by atoms with Crippen LogP contribution < -0.4 is 0 Å². The number of hydrogen-bond donors (Lipinski definition) is 1. The lowest BCUT2D eigenvalue weighted by molar-refractivity contribution is 0.103. The lowest BCUT2D eigenvalue weighted by Gasteiger charge is -1.96. The Bertz CT molecular complexity index is 821. The van der Waals surface area contributed by atoms with Crippen LogP contribution in [-0.4, -0.2) is 15.8 Å². The Morgan fingerprint density at radius 3 is 2.81 bits per heavy atom. The first kappa shape index (κ1) is 13.5. The van der Waals surface area contributed by atoms with Crippen LogP contribution in [0.1, 0.15) is 16.2 Å². The summed E-state index contributed by atoms with van der Waals surface area (Å²) in [6.45, 7) is 0. The van der Waals surface area contributed by atoms with Crippen molar-refractivity contribution in [1.82, 2.24) is 9.97 Å². The van der Waals surface area contributed by atoms with Crippen LogP contribution in [0.25, 0.3) is 17.1 Å². The molecule has 0 unspecified atom stereocenters. The summed E-state index contributed by atoms with van der Waals surface area (Å²) in [6, 6.07) is 11.7. The summed E-state index contributed by atoms with van der Waals surface area (Å²) in [5.74, 6) is -0.543. The molecule has 5 heteroatoms. The Kier molecular flexibility index (Phi) is 3.54. The smallest absolute Gasteiger partial charge is 0.221 e. The number of benzene rings is 2. The van der Waals surface area contributed by atoms with E-state index in [1.807, 2.05) is 24.3 Å². The molecule has 0 aliphatic carbocycles. The third-order valence-electron chi connectivity index (χ3n) is 2.99. The Morgan fingerprint density at radius 2 is 2.05 bits per heavy atom. The standard InChI is InChI=1S/C16H10ClFN2O/c17-11-7-5-10(9-12(11)18)6-8-15(21)16-19-13-3-1-2-4-14(13)20-16/h1-9H,(H,19,20)/b8-6+. The van der Waals surface area contributed by atoms with Gasteiger partial charge in [0.15, 0.2) is 5.82 Å². The maximum atomic E-state index is 13.3. The van der Waals surface area contributed by atoms with Gasteiger partial charge in [0.25, 0.3) is 0 Å². The summed E-state index contributed by atoms with van der Waals surface area (Å²) in [4.78, 5) is 19.2. The maximum absolute atomic E-state index is 13.3. The van der Waals surface area contributed by atoms with Crippen LogP contribution in [0.2, 0.25) is 5.02 Å². The summed E-state index contributed by atoms with van der Waals surface area (Å²) in [7, 11) is 0. The Hall–Kier alpha value is -2.46. The predicted molar refractivity (Wildman–Crippen MR) is 80.9 cm³/mol. The number of allylic oxidation sites excluding steroid dienone is 1. The van der Waals surface area contributed by atoms with Gasteiger partial charge in [-0.25, -0.2) is 9.37 Å². The van der Waals surface area contributed by atoms with E-state index in [2.05, 4.69) is 9.97 Å². The zero-order chi connectivity index (χ0) is 14.8. The third-order valence-corrected chi connectivity index (χ3v) is 3.30. The molecule has 3 nitrogen and oxygen atoms in total. The van der Waals surface area contributed by atoms with Crippen molar-refractivity contribution in [2.24, 2.45) is 0 Å². The normalized spacial score (nSPS) is 11.3. The minimum absolute atomic E-state index is 0.0516. The molecule has 1 aromatic heterocycles. The predicted octanol–water partition coefficient (Wildman–Crippen LogP) is 4.25. The van der Waals surface area contributed by atoms with Gasteiger partial charge in [-0.2, -0.15) is 0 Å². The topological polar surface area (TPSA) is 45.8 Å². The number of imidazole rings is 1. The van der Waals surface area contributed by atoms with E-state index in [0.717, 1.165) is 11.0 Å². The second-order valence-electron chi connectivity index (χ2n) is 4.47. The minimum atomic E-state index is -0.519. The number of carbonyl (C=O) groups excluding carboxylic acids is 1. The van der Waals surface area contributed by atoms with Crippen LogP contribution in [0.4, 0.5) is 4.39 Å². The number of H-pyrrole nitrogens is 1. The lowest BCUT2D eigenvalue weighted by atomic mass is 10.2. The van der Waals surface area contributed by atoms with Gasteiger partial charge in [-0.3, -0.25) is 4.79 Å². The molecule has 3 rings (SSSR count). The molecule has 0 bridgehead atoms. The average molecular weight is 301 g/mol. The van der Waals surface area contributed by atoms with E-state index in [1.54, 1.807) is 6.07 Å². The molecule has 0 aliphatic rings. The van der Waals surface area contributed by atoms with Gasteiger partial charge in [-0.05, 0) is 35.9 Å². The molecule has 0 saturated carbocycles. The second kappa shape index (κ2) is 5.50. The summed E-state index contributed by atoms with van der Waals surface area (Å²) in [6.07, 6.45) is 2.87. The van der Waals surface area contributed by atoms with E-state index in [1.165, 1.54) is 24.3 Å². The molecule has 0 saturated heterocycles. The van der Waals surface area contributed by atoms with Crippen molar-refractivity contribution in [3.8, 4) is 0 Å². The van der Waals surface area contributed by atoms with Crippen molar-refractivity contribution >= 4 is 34.5 Å². The monoisotopic (exact) mass is 300 g/mol. The van der Waals surface area contributed by atoms with E-state index in [-0.39, 0.29) is 16.6 Å². The molecule has 0 atom stereocenters. The van der Waals surface area contributed by atoms with Crippen molar-refractivity contribution in [1.29, 1.82) is 0 Å². The van der Waals surface area contributed by atoms with Crippen LogP contribution in [0.5, 0.6) is 0 Å². The van der Waals surface area contributed by atoms with Gasteiger partial charge < -0.3 is 4.98 Å². The fourth-order valence-electron chi connectivity index (χ4n) is 1.94. The first-order valence-electron chi connectivity index (χ1n) is 6.26. The largest absolute Gasteiger partial charge is 0.335 e.